The summed E-state index contributed by atoms with van der Waals surface area (Å²) >= 11 is 1.65. The molecule has 4 aromatic rings. The minimum atomic E-state index is -1.18. The van der Waals surface area contributed by atoms with Crippen molar-refractivity contribution in [3.63, 3.8) is 0 Å². The number of carbonyl (C=O) groups excluding carboxylic acids is 4. The van der Waals surface area contributed by atoms with Gasteiger partial charge in [-0.25, -0.2) is 8.78 Å². The Morgan fingerprint density at radius 3 is 2.02 bits per heavy atom. The van der Waals surface area contributed by atoms with E-state index in [1.165, 1.54) is 18.2 Å². The van der Waals surface area contributed by atoms with E-state index in [4.69, 9.17) is 4.74 Å². The predicted octanol–water partition coefficient (Wildman–Crippen LogP) is 6.60. The Labute approximate surface area is 359 Å². The van der Waals surface area contributed by atoms with Gasteiger partial charge in [0.1, 0.15) is 30.1 Å². The molecule has 3 atom stereocenters. The first kappa shape index (κ1) is 45.2. The zero-order valence-corrected chi connectivity index (χ0v) is 35.9. The SMILES string of the molecule is Cc1c(F)cc(C(=O)NC2CC2)cc1-c1ccc(C(=O)NCCSCC2CC2NC(=O)c2cc(F)c(C)c(-c3ccc(C(=O)NCC(C)(C)C)cc3OCC(O)CO)c2)cc1. The summed E-state index contributed by atoms with van der Waals surface area (Å²) in [6.45, 7) is 9.26. The maximum Gasteiger partial charge on any atom is 0.251 e. The fourth-order valence-corrected chi connectivity index (χ4v) is 7.71. The largest absolute Gasteiger partial charge is 0.490 e. The summed E-state index contributed by atoms with van der Waals surface area (Å²) in [5.41, 5.74) is 3.75. The first-order valence-electron chi connectivity index (χ1n) is 20.5. The molecule has 3 unspecified atom stereocenters. The zero-order chi connectivity index (χ0) is 44.0. The third-order valence-electron chi connectivity index (χ3n) is 10.6. The van der Waals surface area contributed by atoms with Crippen molar-refractivity contribution in [1.82, 2.24) is 21.3 Å². The normalized spacial score (nSPS) is 16.3. The topological polar surface area (TPSA) is 166 Å². The van der Waals surface area contributed by atoms with E-state index in [1.807, 2.05) is 20.8 Å². The van der Waals surface area contributed by atoms with Gasteiger partial charge in [0.2, 0.25) is 0 Å². The third kappa shape index (κ3) is 12.2. The van der Waals surface area contributed by atoms with Gasteiger partial charge in [-0.1, -0.05) is 32.9 Å². The third-order valence-corrected chi connectivity index (χ3v) is 11.8. The van der Waals surface area contributed by atoms with Crippen LogP contribution in [0.2, 0.25) is 0 Å². The quantitative estimate of drug-likeness (QED) is 0.0610. The van der Waals surface area contributed by atoms with Crippen LogP contribution in [0.5, 0.6) is 5.75 Å². The highest BCUT2D eigenvalue weighted by molar-refractivity contribution is 7.99. The number of amides is 4. The minimum Gasteiger partial charge on any atom is -0.490 e. The van der Waals surface area contributed by atoms with Gasteiger partial charge in [0.05, 0.1) is 6.61 Å². The van der Waals surface area contributed by atoms with Crippen LogP contribution in [0.4, 0.5) is 8.78 Å². The second-order valence-corrected chi connectivity index (χ2v) is 18.2. The van der Waals surface area contributed by atoms with Crippen LogP contribution in [0.1, 0.15) is 92.6 Å². The number of benzene rings is 4. The average molecular weight is 857 g/mol. The Balaban J connectivity index is 0.996. The van der Waals surface area contributed by atoms with Crippen molar-refractivity contribution >= 4 is 35.4 Å². The van der Waals surface area contributed by atoms with Gasteiger partial charge >= 0.3 is 0 Å². The number of rotatable bonds is 18. The number of carbonyl (C=O) groups is 4. The predicted molar refractivity (Wildman–Crippen MR) is 233 cm³/mol. The van der Waals surface area contributed by atoms with Crippen LogP contribution in [0.25, 0.3) is 22.3 Å². The molecule has 11 nitrogen and oxygen atoms in total. The van der Waals surface area contributed by atoms with E-state index in [0.29, 0.717) is 57.8 Å². The maximum absolute atomic E-state index is 15.4. The number of thioether (sulfide) groups is 1. The molecule has 0 saturated heterocycles. The lowest BCUT2D eigenvalue weighted by Crippen LogP contribution is -2.32. The van der Waals surface area contributed by atoms with E-state index in [-0.39, 0.29) is 70.2 Å². The summed E-state index contributed by atoms with van der Waals surface area (Å²) in [7, 11) is 0. The van der Waals surface area contributed by atoms with Gasteiger partial charge < -0.3 is 36.2 Å². The fraction of sp³-hybridized carbons (Fsp3) is 0.404. The Hall–Kier alpha value is -5.31. The van der Waals surface area contributed by atoms with Crippen molar-refractivity contribution in [2.75, 3.05) is 37.8 Å². The average Bonchev–Trinajstić information content (AvgIpc) is 4.18. The first-order chi connectivity index (χ1) is 29.0. The Kier molecular flexibility index (Phi) is 14.5. The lowest BCUT2D eigenvalue weighted by molar-refractivity contribution is 0.0537. The molecule has 2 aliphatic carbocycles. The highest BCUT2D eigenvalue weighted by Crippen LogP contribution is 2.37. The van der Waals surface area contributed by atoms with Gasteiger partial charge in [-0.2, -0.15) is 11.8 Å². The lowest BCUT2D eigenvalue weighted by Gasteiger charge is -2.20. The summed E-state index contributed by atoms with van der Waals surface area (Å²) in [5.74, 6) is -0.558. The smallest absolute Gasteiger partial charge is 0.251 e. The van der Waals surface area contributed by atoms with Crippen molar-refractivity contribution in [2.24, 2.45) is 11.3 Å². The zero-order valence-electron chi connectivity index (χ0n) is 35.1. The molecule has 0 heterocycles. The maximum atomic E-state index is 15.4. The van der Waals surface area contributed by atoms with Crippen molar-refractivity contribution in [1.29, 1.82) is 0 Å². The summed E-state index contributed by atoms with van der Waals surface area (Å²) < 4.78 is 36.0. The highest BCUT2D eigenvalue weighted by Gasteiger charge is 2.38. The van der Waals surface area contributed by atoms with Crippen molar-refractivity contribution in [3.05, 3.63) is 112 Å². The molecule has 6 rings (SSSR count). The number of hydrogen-bond donors (Lipinski definition) is 6. The van der Waals surface area contributed by atoms with Gasteiger partial charge in [-0.3, -0.25) is 19.2 Å². The van der Waals surface area contributed by atoms with E-state index in [2.05, 4.69) is 21.3 Å². The summed E-state index contributed by atoms with van der Waals surface area (Å²) in [4.78, 5) is 51.8. The van der Waals surface area contributed by atoms with Gasteiger partial charge in [0.15, 0.2) is 0 Å². The summed E-state index contributed by atoms with van der Waals surface area (Å²) in [6, 6.07) is 17.3. The van der Waals surface area contributed by atoms with Gasteiger partial charge in [0, 0.05) is 58.7 Å². The number of halogens is 2. The van der Waals surface area contributed by atoms with Crippen LogP contribution < -0.4 is 26.0 Å². The number of aliphatic hydroxyl groups is 2. The Morgan fingerprint density at radius 2 is 1.38 bits per heavy atom. The van der Waals surface area contributed by atoms with E-state index in [1.54, 1.807) is 74.1 Å². The fourth-order valence-electron chi connectivity index (χ4n) is 6.62. The van der Waals surface area contributed by atoms with Crippen LogP contribution in [0.3, 0.4) is 0 Å². The number of hydrogen-bond acceptors (Lipinski definition) is 8. The minimum absolute atomic E-state index is 0.0870. The molecule has 2 aliphatic rings. The molecule has 2 fully saturated rings. The lowest BCUT2D eigenvalue weighted by atomic mass is 9.95. The van der Waals surface area contributed by atoms with E-state index in [0.717, 1.165) is 25.0 Å². The molecule has 0 aliphatic heterocycles. The van der Waals surface area contributed by atoms with Crippen LogP contribution in [-0.4, -0.2) is 89.8 Å². The van der Waals surface area contributed by atoms with Crippen LogP contribution >= 0.6 is 11.8 Å². The molecule has 6 N–H and O–H groups in total. The molecule has 0 radical (unpaired) electrons. The molecule has 0 bridgehead atoms. The van der Waals surface area contributed by atoms with E-state index >= 15 is 4.39 Å². The molecular formula is C47H54F2N4O7S. The molecule has 14 heteroatoms. The van der Waals surface area contributed by atoms with Gasteiger partial charge in [-0.05, 0) is 133 Å². The van der Waals surface area contributed by atoms with E-state index < -0.39 is 30.3 Å². The monoisotopic (exact) mass is 856 g/mol. The summed E-state index contributed by atoms with van der Waals surface area (Å²) in [6.07, 6.45) is 1.44. The van der Waals surface area contributed by atoms with Crippen molar-refractivity contribution in [2.45, 2.75) is 72.1 Å². The summed E-state index contributed by atoms with van der Waals surface area (Å²) in [5, 5.41) is 31.0. The van der Waals surface area contributed by atoms with Crippen molar-refractivity contribution in [3.8, 4) is 28.0 Å². The van der Waals surface area contributed by atoms with Crippen LogP contribution in [0, 0.1) is 36.8 Å². The molecular weight excluding hydrogens is 803 g/mol. The van der Waals surface area contributed by atoms with Gasteiger partial charge in [0.25, 0.3) is 23.6 Å². The van der Waals surface area contributed by atoms with Crippen LogP contribution in [0.15, 0.2) is 66.7 Å². The second kappa shape index (κ2) is 19.6. The van der Waals surface area contributed by atoms with Gasteiger partial charge in [-0.15, -0.1) is 0 Å². The van der Waals surface area contributed by atoms with E-state index in [9.17, 15) is 33.8 Å². The Morgan fingerprint density at radius 1 is 0.770 bits per heavy atom. The molecule has 324 valence electrons. The standard InChI is InChI=1S/C47H54F2N4O7S/c1-26-37(16-31(18-39(26)48)45(58)52-34-11-12-34)28-6-8-29(9-7-28)43(56)50-14-15-61-24-33-20-41(33)53-46(59)32-17-38(27(2)40(49)19-32)36-13-10-30(44(57)51-25-47(3,4)5)21-42(36)60-23-35(55)22-54/h6-10,13,16-19,21,33-35,41,54-55H,11-12,14-15,20,22-25H2,1-5H3,(H,50,56)(H,51,57)(H,52,58)(H,53,59). The number of aliphatic hydroxyl groups excluding tert-OH is 2. The molecule has 61 heavy (non-hydrogen) atoms. The molecule has 4 aromatic carbocycles. The molecule has 0 spiro atoms. The Bertz CT molecular complexity index is 2280. The van der Waals surface area contributed by atoms with Crippen molar-refractivity contribution < 1.29 is 42.9 Å². The molecule has 4 amide bonds. The molecule has 0 aromatic heterocycles. The molecule has 2 saturated carbocycles. The first-order valence-corrected chi connectivity index (χ1v) is 21.7. The second-order valence-electron chi connectivity index (χ2n) is 17.1. The number of ether oxygens (including phenoxy) is 1. The van der Waals surface area contributed by atoms with Crippen LogP contribution in [-0.2, 0) is 0 Å². The number of nitrogens with one attached hydrogen (secondary N) is 4. The highest BCUT2D eigenvalue weighted by atomic mass is 32.2.